The molecule has 0 bridgehead atoms. The van der Waals surface area contributed by atoms with Crippen molar-refractivity contribution < 1.29 is 13.9 Å². The van der Waals surface area contributed by atoms with Gasteiger partial charge in [-0.3, -0.25) is 0 Å². The first-order valence-corrected chi connectivity index (χ1v) is 9.00. The van der Waals surface area contributed by atoms with Crippen LogP contribution < -0.4 is 5.32 Å². The minimum atomic E-state index is -0.754. The number of benzene rings is 2. The molecule has 0 aromatic heterocycles. The van der Waals surface area contributed by atoms with E-state index < -0.39 is 5.54 Å². The molecule has 1 fully saturated rings. The number of ether oxygens (including phenoxy) is 1. The molecule has 0 unspecified atom stereocenters. The van der Waals surface area contributed by atoms with Crippen LogP contribution in [0.5, 0.6) is 0 Å². The molecule has 2 aromatic carbocycles. The fraction of sp³-hybridized carbons (Fsp3) is 0.381. The Morgan fingerprint density at radius 3 is 2.38 bits per heavy atom. The van der Waals surface area contributed by atoms with E-state index in [1.165, 1.54) is 24.8 Å². The Bertz CT molecular complexity index is 711. The van der Waals surface area contributed by atoms with Crippen molar-refractivity contribution in [3.05, 3.63) is 66.0 Å². The summed E-state index contributed by atoms with van der Waals surface area (Å²) in [6, 6.07) is 16.5. The quantitative estimate of drug-likeness (QED) is 0.805. The Labute approximate surface area is 154 Å². The second-order valence-electron chi connectivity index (χ2n) is 6.78. The highest BCUT2D eigenvalue weighted by molar-refractivity contribution is 5.84. The Morgan fingerprint density at radius 2 is 1.77 bits per heavy atom. The molecule has 1 heterocycles. The molecule has 4 nitrogen and oxygen atoms in total. The zero-order valence-corrected chi connectivity index (χ0v) is 15.1. The summed E-state index contributed by atoms with van der Waals surface area (Å²) in [5, 5.41) is 3.30. The zero-order chi connectivity index (χ0) is 18.4. The van der Waals surface area contributed by atoms with Crippen LogP contribution in [0.25, 0.3) is 0 Å². The molecule has 1 N–H and O–H groups in total. The first-order chi connectivity index (χ1) is 12.6. The molecule has 0 radical (unpaired) electrons. The molecule has 2 aromatic rings. The van der Waals surface area contributed by atoms with Crippen molar-refractivity contribution in [1.29, 1.82) is 0 Å². The summed E-state index contributed by atoms with van der Waals surface area (Å²) in [6.45, 7) is 2.60. The maximum atomic E-state index is 13.1. The minimum Gasteiger partial charge on any atom is -0.467 e. The van der Waals surface area contributed by atoms with Crippen LogP contribution in [0.1, 0.15) is 18.4 Å². The number of carbonyl (C=O) groups excluding carboxylic acids is 1. The lowest BCUT2D eigenvalue weighted by atomic mass is 9.86. The van der Waals surface area contributed by atoms with E-state index >= 15 is 0 Å². The summed E-state index contributed by atoms with van der Waals surface area (Å²) in [6.07, 6.45) is 2.31. The largest absolute Gasteiger partial charge is 0.467 e. The Morgan fingerprint density at radius 1 is 1.12 bits per heavy atom. The Hall–Kier alpha value is -2.40. The molecule has 138 valence electrons. The van der Waals surface area contributed by atoms with E-state index in [0.29, 0.717) is 12.8 Å². The summed E-state index contributed by atoms with van der Waals surface area (Å²) in [4.78, 5) is 14.8. The van der Waals surface area contributed by atoms with Crippen molar-refractivity contribution in [1.82, 2.24) is 4.90 Å². The van der Waals surface area contributed by atoms with Crippen molar-refractivity contribution in [2.24, 2.45) is 0 Å². The average molecular weight is 356 g/mol. The zero-order valence-electron chi connectivity index (χ0n) is 15.1. The van der Waals surface area contributed by atoms with Crippen LogP contribution in [0.15, 0.2) is 54.6 Å². The standard InChI is InChI=1S/C21H25FN2O2/c1-26-20(25)21(23-19-9-7-18(22)8-10-19)12-15-24(16-13-21)14-11-17-5-3-2-4-6-17/h2-10,23H,11-16H2,1H3. The van der Waals surface area contributed by atoms with Crippen LogP contribution in [0.2, 0.25) is 0 Å². The molecule has 0 saturated carbocycles. The van der Waals surface area contributed by atoms with Gasteiger partial charge in [-0.2, -0.15) is 0 Å². The SMILES string of the molecule is COC(=O)C1(Nc2ccc(F)cc2)CCN(CCc2ccccc2)CC1. The number of nitrogens with zero attached hydrogens (tertiary/aromatic N) is 1. The number of piperidine rings is 1. The molecule has 0 atom stereocenters. The smallest absolute Gasteiger partial charge is 0.331 e. The van der Waals surface area contributed by atoms with Crippen LogP contribution in [0.4, 0.5) is 10.1 Å². The predicted octanol–water partition coefficient (Wildman–Crippen LogP) is 3.49. The van der Waals surface area contributed by atoms with E-state index in [0.717, 1.165) is 31.7 Å². The summed E-state index contributed by atoms with van der Waals surface area (Å²) in [7, 11) is 1.41. The third-order valence-corrected chi connectivity index (χ3v) is 5.07. The Kier molecular flexibility index (Phi) is 5.89. The number of hydrogen-bond donors (Lipinski definition) is 1. The molecule has 0 aliphatic carbocycles. The lowest BCUT2D eigenvalue weighted by molar-refractivity contribution is -0.147. The van der Waals surface area contributed by atoms with Gasteiger partial charge in [0.15, 0.2) is 0 Å². The van der Waals surface area contributed by atoms with Gasteiger partial charge in [-0.05, 0) is 49.1 Å². The van der Waals surface area contributed by atoms with Gasteiger partial charge in [0, 0.05) is 25.3 Å². The van der Waals surface area contributed by atoms with Crippen LogP contribution >= 0.6 is 0 Å². The van der Waals surface area contributed by atoms with E-state index in [4.69, 9.17) is 4.74 Å². The van der Waals surface area contributed by atoms with Crippen molar-refractivity contribution in [3.63, 3.8) is 0 Å². The fourth-order valence-corrected chi connectivity index (χ4v) is 3.48. The topological polar surface area (TPSA) is 41.6 Å². The van der Waals surface area contributed by atoms with Gasteiger partial charge in [0.2, 0.25) is 0 Å². The number of esters is 1. The number of rotatable bonds is 6. The fourth-order valence-electron chi connectivity index (χ4n) is 3.48. The van der Waals surface area contributed by atoms with Gasteiger partial charge in [0.25, 0.3) is 0 Å². The van der Waals surface area contributed by atoms with E-state index in [9.17, 15) is 9.18 Å². The number of nitrogens with one attached hydrogen (secondary N) is 1. The highest BCUT2D eigenvalue weighted by Crippen LogP contribution is 2.29. The molecule has 26 heavy (non-hydrogen) atoms. The van der Waals surface area contributed by atoms with Crippen LogP contribution in [-0.2, 0) is 16.0 Å². The summed E-state index contributed by atoms with van der Waals surface area (Å²) in [5.41, 5.74) is 1.30. The summed E-state index contributed by atoms with van der Waals surface area (Å²) >= 11 is 0. The molecule has 1 saturated heterocycles. The normalized spacial score (nSPS) is 16.8. The lowest BCUT2D eigenvalue weighted by Crippen LogP contribution is -2.55. The van der Waals surface area contributed by atoms with E-state index in [-0.39, 0.29) is 11.8 Å². The summed E-state index contributed by atoms with van der Waals surface area (Å²) < 4.78 is 18.2. The monoisotopic (exact) mass is 356 g/mol. The number of methoxy groups -OCH3 is 1. The average Bonchev–Trinajstić information content (AvgIpc) is 2.69. The van der Waals surface area contributed by atoms with Crippen molar-refractivity contribution in [2.75, 3.05) is 32.1 Å². The summed E-state index contributed by atoms with van der Waals surface area (Å²) in [5.74, 6) is -0.553. The van der Waals surface area contributed by atoms with Crippen molar-refractivity contribution in [2.45, 2.75) is 24.8 Å². The minimum absolute atomic E-state index is 0.260. The highest BCUT2D eigenvalue weighted by Gasteiger charge is 2.42. The van der Waals surface area contributed by atoms with Gasteiger partial charge in [-0.15, -0.1) is 0 Å². The van der Waals surface area contributed by atoms with E-state index in [1.54, 1.807) is 12.1 Å². The van der Waals surface area contributed by atoms with Crippen LogP contribution in [0.3, 0.4) is 0 Å². The molecule has 3 rings (SSSR count). The number of carbonyl (C=O) groups is 1. The number of hydrogen-bond acceptors (Lipinski definition) is 4. The first-order valence-electron chi connectivity index (χ1n) is 9.00. The molecule has 0 spiro atoms. The second kappa shape index (κ2) is 8.32. The van der Waals surface area contributed by atoms with Crippen molar-refractivity contribution in [3.8, 4) is 0 Å². The molecule has 0 amide bonds. The van der Waals surface area contributed by atoms with Gasteiger partial charge >= 0.3 is 5.97 Å². The third kappa shape index (κ3) is 4.41. The maximum absolute atomic E-state index is 13.1. The Balaban J connectivity index is 1.61. The molecule has 1 aliphatic rings. The first kappa shape index (κ1) is 18.4. The third-order valence-electron chi connectivity index (χ3n) is 5.07. The number of anilines is 1. The number of halogens is 1. The maximum Gasteiger partial charge on any atom is 0.331 e. The van der Waals surface area contributed by atoms with Gasteiger partial charge in [0.05, 0.1) is 7.11 Å². The van der Waals surface area contributed by atoms with Crippen LogP contribution in [0, 0.1) is 5.82 Å². The molecular weight excluding hydrogens is 331 g/mol. The lowest BCUT2D eigenvalue weighted by Gasteiger charge is -2.40. The van der Waals surface area contributed by atoms with Gasteiger partial charge in [-0.25, -0.2) is 9.18 Å². The number of likely N-dealkylation sites (tertiary alicyclic amines) is 1. The molecule has 5 heteroatoms. The van der Waals surface area contributed by atoms with Crippen molar-refractivity contribution >= 4 is 11.7 Å². The second-order valence-corrected chi connectivity index (χ2v) is 6.78. The highest BCUT2D eigenvalue weighted by atomic mass is 19.1. The molecular formula is C21H25FN2O2. The molecule has 1 aliphatic heterocycles. The van der Waals surface area contributed by atoms with Crippen LogP contribution in [-0.4, -0.2) is 43.2 Å². The predicted molar refractivity (Wildman–Crippen MR) is 101 cm³/mol. The van der Waals surface area contributed by atoms with Gasteiger partial charge in [-0.1, -0.05) is 30.3 Å². The van der Waals surface area contributed by atoms with E-state index in [1.807, 2.05) is 6.07 Å². The van der Waals surface area contributed by atoms with E-state index in [2.05, 4.69) is 34.5 Å². The van der Waals surface area contributed by atoms with Gasteiger partial charge in [0.1, 0.15) is 11.4 Å². The van der Waals surface area contributed by atoms with Gasteiger partial charge < -0.3 is 15.0 Å².